The maximum absolute atomic E-state index is 13.1. The summed E-state index contributed by atoms with van der Waals surface area (Å²) in [7, 11) is 0. The van der Waals surface area contributed by atoms with E-state index in [4.69, 9.17) is 11.6 Å². The summed E-state index contributed by atoms with van der Waals surface area (Å²) in [6.07, 6.45) is -2.56. The van der Waals surface area contributed by atoms with Crippen LogP contribution in [0.2, 0.25) is 5.02 Å². The van der Waals surface area contributed by atoms with Gasteiger partial charge >= 0.3 is 6.18 Å². The molecule has 0 aliphatic rings. The molecule has 0 saturated heterocycles. The van der Waals surface area contributed by atoms with Crippen molar-refractivity contribution in [3.05, 3.63) is 62.8 Å². The summed E-state index contributed by atoms with van der Waals surface area (Å²) in [5, 5.41) is 10.8. The van der Waals surface area contributed by atoms with Crippen LogP contribution in [0.5, 0.6) is 0 Å². The Morgan fingerprint density at radius 1 is 1.14 bits per heavy atom. The molecule has 0 aliphatic heterocycles. The van der Waals surface area contributed by atoms with Crippen LogP contribution in [-0.2, 0) is 11.8 Å². The van der Waals surface area contributed by atoms with Crippen LogP contribution in [0.4, 0.5) is 13.2 Å². The average molecular weight is 381 g/mol. The third-order valence-corrected chi connectivity index (χ3v) is 3.91. The number of aromatic nitrogens is 1. The molecule has 0 saturated carbocycles. The van der Waals surface area contributed by atoms with Gasteiger partial charge in [-0.15, -0.1) is 0 Å². The number of hydrogen-bond donors (Lipinski definition) is 1. The second-order valence-corrected chi connectivity index (χ2v) is 5.94. The zero-order valence-corrected chi connectivity index (χ0v) is 13.1. The lowest BCUT2D eigenvalue weighted by molar-refractivity contribution is -0.140. The monoisotopic (exact) mass is 379 g/mol. The molecule has 0 aliphatic carbocycles. The normalized spacial score (nSPS) is 14.8. The summed E-state index contributed by atoms with van der Waals surface area (Å²) in [4.78, 5) is 3.69. The zero-order chi connectivity index (χ0) is 15.8. The van der Waals surface area contributed by atoms with Crippen molar-refractivity contribution in [3.63, 3.8) is 0 Å². The van der Waals surface area contributed by atoms with E-state index in [1.54, 1.807) is 6.07 Å². The minimum atomic E-state index is -4.59. The van der Waals surface area contributed by atoms with Gasteiger partial charge in [0.1, 0.15) is 5.60 Å². The molecule has 1 unspecified atom stereocenters. The van der Waals surface area contributed by atoms with Gasteiger partial charge in [0.2, 0.25) is 0 Å². The Morgan fingerprint density at radius 2 is 1.81 bits per heavy atom. The first-order valence-electron chi connectivity index (χ1n) is 5.83. The number of hydrogen-bond acceptors (Lipinski definition) is 2. The minimum absolute atomic E-state index is 0.159. The van der Waals surface area contributed by atoms with Gasteiger partial charge in [-0.3, -0.25) is 4.98 Å². The van der Waals surface area contributed by atoms with Crippen molar-refractivity contribution in [2.24, 2.45) is 0 Å². The van der Waals surface area contributed by atoms with Gasteiger partial charge in [0.05, 0.1) is 5.56 Å². The highest BCUT2D eigenvalue weighted by molar-refractivity contribution is 9.10. The van der Waals surface area contributed by atoms with Crippen LogP contribution in [0.25, 0.3) is 0 Å². The van der Waals surface area contributed by atoms with Gasteiger partial charge in [0.15, 0.2) is 0 Å². The van der Waals surface area contributed by atoms with E-state index in [-0.39, 0.29) is 16.1 Å². The largest absolute Gasteiger partial charge is 0.416 e. The van der Waals surface area contributed by atoms with Crippen LogP contribution in [0, 0.1) is 0 Å². The molecule has 0 spiro atoms. The molecule has 1 aromatic heterocycles. The number of alkyl halides is 3. The first kappa shape index (κ1) is 16.3. The molecule has 2 aromatic rings. The molecule has 1 atom stereocenters. The highest BCUT2D eigenvalue weighted by Gasteiger charge is 2.40. The summed E-state index contributed by atoms with van der Waals surface area (Å²) in [5.41, 5.74) is -3.04. The maximum atomic E-state index is 13.1. The van der Waals surface area contributed by atoms with Crippen molar-refractivity contribution in [1.82, 2.24) is 4.98 Å². The molecule has 0 bridgehead atoms. The van der Waals surface area contributed by atoms with Gasteiger partial charge in [0.25, 0.3) is 0 Å². The summed E-state index contributed by atoms with van der Waals surface area (Å²) < 4.78 is 39.9. The molecule has 1 heterocycles. The predicted molar refractivity (Wildman–Crippen MR) is 77.1 cm³/mol. The second-order valence-electron chi connectivity index (χ2n) is 4.62. The van der Waals surface area contributed by atoms with Crippen molar-refractivity contribution in [2.45, 2.75) is 18.7 Å². The van der Waals surface area contributed by atoms with Crippen molar-refractivity contribution in [1.29, 1.82) is 0 Å². The molecule has 2 nitrogen and oxygen atoms in total. The number of pyridine rings is 1. The van der Waals surface area contributed by atoms with Gasteiger partial charge in [0, 0.05) is 33.0 Å². The SMILES string of the molecule is CC(O)(c1ccc(Br)cc1Cl)c1cnccc1C(F)(F)F. The number of halogens is 5. The Bertz CT molecular complexity index is 674. The number of aliphatic hydroxyl groups is 1. The van der Waals surface area contributed by atoms with Crippen molar-refractivity contribution >= 4 is 27.5 Å². The molecule has 1 N–H and O–H groups in total. The van der Waals surface area contributed by atoms with Gasteiger partial charge in [-0.2, -0.15) is 13.2 Å². The molecule has 112 valence electrons. The van der Waals surface area contributed by atoms with E-state index in [1.165, 1.54) is 19.1 Å². The van der Waals surface area contributed by atoms with E-state index < -0.39 is 17.3 Å². The van der Waals surface area contributed by atoms with Gasteiger partial charge in [-0.05, 0) is 25.1 Å². The van der Waals surface area contributed by atoms with Gasteiger partial charge in [-0.25, -0.2) is 0 Å². The Hall–Kier alpha value is -1.11. The topological polar surface area (TPSA) is 33.1 Å². The lowest BCUT2D eigenvalue weighted by Crippen LogP contribution is -2.27. The summed E-state index contributed by atoms with van der Waals surface area (Å²) in [5.74, 6) is 0. The van der Waals surface area contributed by atoms with Gasteiger partial charge in [-0.1, -0.05) is 33.6 Å². The fourth-order valence-corrected chi connectivity index (χ4v) is 2.92. The van der Waals surface area contributed by atoms with E-state index in [9.17, 15) is 18.3 Å². The fourth-order valence-electron chi connectivity index (χ4n) is 2.06. The Morgan fingerprint density at radius 3 is 2.38 bits per heavy atom. The molecular weight excluding hydrogens is 371 g/mol. The molecule has 7 heteroatoms. The number of benzene rings is 1. The van der Waals surface area contributed by atoms with Crippen molar-refractivity contribution < 1.29 is 18.3 Å². The third-order valence-electron chi connectivity index (χ3n) is 3.11. The van der Waals surface area contributed by atoms with Crippen LogP contribution in [0.1, 0.15) is 23.6 Å². The van der Waals surface area contributed by atoms with E-state index in [1.807, 2.05) is 0 Å². The molecule has 0 fully saturated rings. The quantitative estimate of drug-likeness (QED) is 0.814. The third kappa shape index (κ3) is 3.22. The average Bonchev–Trinajstić information content (AvgIpc) is 2.37. The highest BCUT2D eigenvalue weighted by atomic mass is 79.9. The Balaban J connectivity index is 2.64. The van der Waals surface area contributed by atoms with Crippen LogP contribution in [0.15, 0.2) is 41.1 Å². The van der Waals surface area contributed by atoms with E-state index in [0.29, 0.717) is 4.47 Å². The van der Waals surface area contributed by atoms with Crippen molar-refractivity contribution in [3.8, 4) is 0 Å². The van der Waals surface area contributed by atoms with E-state index in [2.05, 4.69) is 20.9 Å². The minimum Gasteiger partial charge on any atom is -0.381 e. The lowest BCUT2D eigenvalue weighted by atomic mass is 9.86. The van der Waals surface area contributed by atoms with Crippen LogP contribution < -0.4 is 0 Å². The van der Waals surface area contributed by atoms with E-state index >= 15 is 0 Å². The van der Waals surface area contributed by atoms with Crippen LogP contribution in [0.3, 0.4) is 0 Å². The summed E-state index contributed by atoms with van der Waals surface area (Å²) >= 11 is 9.25. The molecule has 0 radical (unpaired) electrons. The smallest absolute Gasteiger partial charge is 0.381 e. The van der Waals surface area contributed by atoms with Crippen LogP contribution in [-0.4, -0.2) is 10.1 Å². The van der Waals surface area contributed by atoms with Gasteiger partial charge < -0.3 is 5.11 Å². The number of rotatable bonds is 2. The number of nitrogens with zero attached hydrogens (tertiary/aromatic N) is 1. The zero-order valence-electron chi connectivity index (χ0n) is 10.7. The lowest BCUT2D eigenvalue weighted by Gasteiger charge is -2.28. The second kappa shape index (κ2) is 5.59. The molecular formula is C14H10BrClF3NO. The first-order valence-corrected chi connectivity index (χ1v) is 7.00. The maximum Gasteiger partial charge on any atom is 0.416 e. The molecule has 1 aromatic carbocycles. The standard InChI is InChI=1S/C14H10BrClF3NO/c1-13(21,10-3-2-8(15)6-12(10)16)11-7-20-5-4-9(11)14(17,18)19/h2-7,21H,1H3. The van der Waals surface area contributed by atoms with Crippen molar-refractivity contribution in [2.75, 3.05) is 0 Å². The molecule has 2 rings (SSSR count). The predicted octanol–water partition coefficient (Wildman–Crippen LogP) is 4.77. The summed E-state index contributed by atoms with van der Waals surface area (Å²) in [6.45, 7) is 1.26. The Kier molecular flexibility index (Phi) is 4.33. The van der Waals surface area contributed by atoms with E-state index in [0.717, 1.165) is 18.5 Å². The van der Waals surface area contributed by atoms with Crippen LogP contribution >= 0.6 is 27.5 Å². The molecule has 0 amide bonds. The first-order chi connectivity index (χ1) is 9.64. The highest BCUT2D eigenvalue weighted by Crippen LogP contribution is 2.41. The summed E-state index contributed by atoms with van der Waals surface area (Å²) in [6, 6.07) is 5.41. The Labute approximate surface area is 132 Å². The molecule has 21 heavy (non-hydrogen) atoms. The fraction of sp³-hybridized carbons (Fsp3) is 0.214.